The Hall–Kier alpha value is -3.26. The molecule has 0 spiro atoms. The number of hydrogen-bond acceptors (Lipinski definition) is 4. The summed E-state index contributed by atoms with van der Waals surface area (Å²) in [5.41, 5.74) is 2.12. The molecule has 0 atom stereocenters. The summed E-state index contributed by atoms with van der Waals surface area (Å²) in [6, 6.07) is 12.6. The first-order chi connectivity index (χ1) is 10.2. The summed E-state index contributed by atoms with van der Waals surface area (Å²) >= 11 is 0. The topological polar surface area (TPSA) is 68.9 Å². The van der Waals surface area contributed by atoms with E-state index in [2.05, 4.69) is 21.8 Å². The Morgan fingerprint density at radius 3 is 2.62 bits per heavy atom. The monoisotopic (exact) mass is 275 g/mol. The van der Waals surface area contributed by atoms with Crippen molar-refractivity contribution in [2.45, 2.75) is 0 Å². The molecule has 0 saturated carbocycles. The summed E-state index contributed by atoms with van der Waals surface area (Å²) in [4.78, 5) is 18.3. The molecule has 0 amide bonds. The van der Waals surface area contributed by atoms with E-state index in [1.165, 1.54) is 18.3 Å². The van der Waals surface area contributed by atoms with Crippen LogP contribution in [0.5, 0.6) is 0 Å². The molecule has 100 valence electrons. The van der Waals surface area contributed by atoms with E-state index in [1.54, 1.807) is 6.20 Å². The lowest BCUT2D eigenvalue weighted by molar-refractivity contribution is -0.385. The van der Waals surface area contributed by atoms with Gasteiger partial charge in [-0.1, -0.05) is 24.1 Å². The van der Waals surface area contributed by atoms with Crippen LogP contribution in [-0.2, 0) is 0 Å². The Morgan fingerprint density at radius 2 is 1.86 bits per heavy atom. The second kappa shape index (κ2) is 5.39. The van der Waals surface area contributed by atoms with E-state index in [1.807, 2.05) is 30.3 Å². The van der Waals surface area contributed by atoms with E-state index < -0.39 is 4.92 Å². The van der Waals surface area contributed by atoms with Gasteiger partial charge in [0.1, 0.15) is 11.9 Å². The van der Waals surface area contributed by atoms with Crippen LogP contribution in [0.3, 0.4) is 0 Å². The van der Waals surface area contributed by atoms with Crippen molar-refractivity contribution in [3.63, 3.8) is 0 Å². The molecule has 3 rings (SSSR count). The number of benzene rings is 1. The molecule has 5 nitrogen and oxygen atoms in total. The predicted octanol–water partition coefficient (Wildman–Crippen LogP) is 2.94. The van der Waals surface area contributed by atoms with Gasteiger partial charge in [0, 0.05) is 23.2 Å². The number of nitro groups is 1. The Kier molecular flexibility index (Phi) is 3.27. The van der Waals surface area contributed by atoms with E-state index in [4.69, 9.17) is 0 Å². The van der Waals surface area contributed by atoms with Gasteiger partial charge in [-0.05, 0) is 24.1 Å². The summed E-state index contributed by atoms with van der Waals surface area (Å²) in [6.45, 7) is 0. The summed E-state index contributed by atoms with van der Waals surface area (Å²) in [7, 11) is 0. The highest BCUT2D eigenvalue weighted by Crippen LogP contribution is 2.12. The van der Waals surface area contributed by atoms with Gasteiger partial charge in [0.15, 0.2) is 0 Å². The molecule has 0 N–H and O–H groups in total. The molecular formula is C16H9N3O2. The second-order valence-electron chi connectivity index (χ2n) is 4.33. The van der Waals surface area contributed by atoms with Crippen LogP contribution in [0.4, 0.5) is 5.69 Å². The highest BCUT2D eigenvalue weighted by Gasteiger charge is 2.03. The Balaban J connectivity index is 1.89. The molecule has 0 aliphatic carbocycles. The van der Waals surface area contributed by atoms with Gasteiger partial charge in [-0.25, -0.2) is 4.98 Å². The van der Waals surface area contributed by atoms with Crippen LogP contribution < -0.4 is 0 Å². The first kappa shape index (κ1) is 12.8. The first-order valence-electron chi connectivity index (χ1n) is 6.20. The normalized spacial score (nSPS) is 9.90. The van der Waals surface area contributed by atoms with E-state index >= 15 is 0 Å². The van der Waals surface area contributed by atoms with Crippen molar-refractivity contribution in [2.24, 2.45) is 0 Å². The SMILES string of the molecule is O=[N+]([O-])c1ccc(C#Cc2cnc3ccccc3c2)nc1. The molecule has 5 heteroatoms. The lowest BCUT2D eigenvalue weighted by atomic mass is 10.1. The van der Waals surface area contributed by atoms with Crippen LogP contribution in [0.15, 0.2) is 54.9 Å². The third-order valence-electron chi connectivity index (χ3n) is 2.88. The zero-order valence-electron chi connectivity index (χ0n) is 10.9. The Morgan fingerprint density at radius 1 is 1.00 bits per heavy atom. The minimum Gasteiger partial charge on any atom is -0.258 e. The molecule has 0 aliphatic heterocycles. The fraction of sp³-hybridized carbons (Fsp3) is 0. The average molecular weight is 275 g/mol. The molecule has 0 bridgehead atoms. The maximum Gasteiger partial charge on any atom is 0.287 e. The van der Waals surface area contributed by atoms with Crippen LogP contribution in [0.25, 0.3) is 10.9 Å². The van der Waals surface area contributed by atoms with Gasteiger partial charge in [-0.15, -0.1) is 0 Å². The predicted molar refractivity (Wildman–Crippen MR) is 78.6 cm³/mol. The lowest BCUT2D eigenvalue weighted by Crippen LogP contribution is -1.90. The van der Waals surface area contributed by atoms with Gasteiger partial charge in [0.2, 0.25) is 0 Å². The molecule has 1 aromatic carbocycles. The number of rotatable bonds is 1. The van der Waals surface area contributed by atoms with E-state index in [-0.39, 0.29) is 5.69 Å². The second-order valence-corrected chi connectivity index (χ2v) is 4.33. The zero-order chi connectivity index (χ0) is 14.7. The molecule has 0 fully saturated rings. The minimum absolute atomic E-state index is 0.0482. The van der Waals surface area contributed by atoms with Gasteiger partial charge >= 0.3 is 0 Å². The smallest absolute Gasteiger partial charge is 0.258 e. The van der Waals surface area contributed by atoms with Crippen molar-refractivity contribution in [3.05, 3.63) is 76.2 Å². The molecule has 0 radical (unpaired) electrons. The Labute approximate surface area is 120 Å². The van der Waals surface area contributed by atoms with Crippen LogP contribution in [0, 0.1) is 22.0 Å². The summed E-state index contributed by atoms with van der Waals surface area (Å²) in [5, 5.41) is 11.6. The highest BCUT2D eigenvalue weighted by atomic mass is 16.6. The number of fused-ring (bicyclic) bond motifs is 1. The summed E-state index contributed by atoms with van der Waals surface area (Å²) < 4.78 is 0. The third-order valence-corrected chi connectivity index (χ3v) is 2.88. The van der Waals surface area contributed by atoms with Gasteiger partial charge < -0.3 is 0 Å². The quantitative estimate of drug-likeness (QED) is 0.389. The average Bonchev–Trinajstić information content (AvgIpc) is 2.53. The Bertz CT molecular complexity index is 877. The minimum atomic E-state index is -0.489. The van der Waals surface area contributed by atoms with Gasteiger partial charge in [-0.2, -0.15) is 0 Å². The summed E-state index contributed by atoms with van der Waals surface area (Å²) in [5.74, 6) is 5.82. The standard InChI is InChI=1S/C16H9N3O2/c20-19(21)15-8-7-14(17-11-15)6-5-12-9-13-3-1-2-4-16(13)18-10-12/h1-4,7-11H. The number of aromatic nitrogens is 2. The van der Waals surface area contributed by atoms with Crippen molar-refractivity contribution in [2.75, 3.05) is 0 Å². The number of para-hydroxylation sites is 1. The molecule has 2 aromatic heterocycles. The number of nitrogens with zero attached hydrogens (tertiary/aromatic N) is 3. The van der Waals surface area contributed by atoms with E-state index in [9.17, 15) is 10.1 Å². The van der Waals surface area contributed by atoms with E-state index in [0.717, 1.165) is 16.5 Å². The lowest BCUT2D eigenvalue weighted by Gasteiger charge is -1.96. The van der Waals surface area contributed by atoms with Crippen LogP contribution in [0.1, 0.15) is 11.3 Å². The fourth-order valence-corrected chi connectivity index (χ4v) is 1.84. The van der Waals surface area contributed by atoms with Crippen LogP contribution in [-0.4, -0.2) is 14.9 Å². The van der Waals surface area contributed by atoms with Gasteiger partial charge in [0.25, 0.3) is 5.69 Å². The molecular weight excluding hydrogens is 266 g/mol. The van der Waals surface area contributed by atoms with Crippen LogP contribution >= 0.6 is 0 Å². The number of hydrogen-bond donors (Lipinski definition) is 0. The molecule has 3 aromatic rings. The van der Waals surface area contributed by atoms with Crippen LogP contribution in [0.2, 0.25) is 0 Å². The van der Waals surface area contributed by atoms with Gasteiger partial charge in [0.05, 0.1) is 10.4 Å². The van der Waals surface area contributed by atoms with E-state index in [0.29, 0.717) is 5.69 Å². The molecule has 2 heterocycles. The number of pyridine rings is 2. The molecule has 0 aliphatic rings. The van der Waals surface area contributed by atoms with Crippen molar-refractivity contribution in [1.29, 1.82) is 0 Å². The van der Waals surface area contributed by atoms with Crippen molar-refractivity contribution < 1.29 is 4.92 Å². The zero-order valence-corrected chi connectivity index (χ0v) is 10.9. The molecule has 0 saturated heterocycles. The first-order valence-corrected chi connectivity index (χ1v) is 6.20. The molecule has 0 unspecified atom stereocenters. The molecule has 21 heavy (non-hydrogen) atoms. The van der Waals surface area contributed by atoms with Crippen molar-refractivity contribution in [1.82, 2.24) is 9.97 Å². The highest BCUT2D eigenvalue weighted by molar-refractivity contribution is 5.79. The maximum absolute atomic E-state index is 10.5. The van der Waals surface area contributed by atoms with Gasteiger partial charge in [-0.3, -0.25) is 15.1 Å². The fourth-order valence-electron chi connectivity index (χ4n) is 1.84. The van der Waals surface area contributed by atoms with Crippen molar-refractivity contribution >= 4 is 16.6 Å². The van der Waals surface area contributed by atoms with Crippen molar-refractivity contribution in [3.8, 4) is 11.8 Å². The summed E-state index contributed by atoms with van der Waals surface area (Å²) in [6.07, 6.45) is 2.89. The maximum atomic E-state index is 10.5. The largest absolute Gasteiger partial charge is 0.287 e. The third kappa shape index (κ3) is 2.85.